The van der Waals surface area contributed by atoms with Gasteiger partial charge in [0.2, 0.25) is 5.60 Å². The Morgan fingerprint density at radius 2 is 1.89 bits per heavy atom. The number of nitrogens with one attached hydrogen (secondary N) is 2. The first-order chi connectivity index (χ1) is 16.6. The summed E-state index contributed by atoms with van der Waals surface area (Å²) in [4.78, 5) is 21.8. The Hall–Kier alpha value is -3.58. The molecule has 2 N–H and O–H groups in total. The van der Waals surface area contributed by atoms with Gasteiger partial charge in [0.05, 0.1) is 35.1 Å². The molecule has 1 aliphatic rings. The van der Waals surface area contributed by atoms with Crippen molar-refractivity contribution in [1.29, 1.82) is 5.26 Å². The summed E-state index contributed by atoms with van der Waals surface area (Å²) < 4.78 is 42.6. The van der Waals surface area contributed by atoms with Gasteiger partial charge in [0, 0.05) is 27.4 Å². The average Bonchev–Trinajstić information content (AvgIpc) is 3.29. The van der Waals surface area contributed by atoms with Crippen LogP contribution in [0.2, 0.25) is 10.0 Å². The minimum absolute atomic E-state index is 0.00871. The van der Waals surface area contributed by atoms with Crippen LogP contribution in [0.3, 0.4) is 0 Å². The van der Waals surface area contributed by atoms with Crippen molar-refractivity contribution in [3.63, 3.8) is 0 Å². The maximum Gasteiger partial charge on any atom is 0.428 e. The first-order valence-corrected chi connectivity index (χ1v) is 10.8. The van der Waals surface area contributed by atoms with Crippen molar-refractivity contribution in [2.75, 3.05) is 0 Å². The maximum atomic E-state index is 14.2. The van der Waals surface area contributed by atoms with Crippen LogP contribution in [0.1, 0.15) is 32.7 Å². The third-order valence-electron chi connectivity index (χ3n) is 5.23. The maximum absolute atomic E-state index is 14.2. The molecule has 1 amide bonds. The van der Waals surface area contributed by atoms with Gasteiger partial charge in [-0.15, -0.1) is 0 Å². The largest absolute Gasteiger partial charge is 0.428 e. The lowest BCUT2D eigenvalue weighted by atomic mass is 9.91. The van der Waals surface area contributed by atoms with E-state index in [2.05, 4.69) is 15.8 Å². The number of amides is 1. The van der Waals surface area contributed by atoms with E-state index < -0.39 is 17.7 Å². The SMILES string of the molecule is N#Cc1cc(C2=CC(c3cc(Cl)cc(Cl)c3)(C(F)(F)F)ON2)ccc1C(=O)NCc1ccccn1. The lowest BCUT2D eigenvalue weighted by Gasteiger charge is -2.28. The number of pyridine rings is 1. The Morgan fingerprint density at radius 3 is 2.51 bits per heavy atom. The van der Waals surface area contributed by atoms with Gasteiger partial charge in [-0.1, -0.05) is 35.3 Å². The molecule has 0 fully saturated rings. The van der Waals surface area contributed by atoms with Crippen molar-refractivity contribution in [2.45, 2.75) is 18.3 Å². The number of benzene rings is 2. The van der Waals surface area contributed by atoms with E-state index in [1.807, 2.05) is 6.07 Å². The molecule has 1 atom stereocenters. The zero-order valence-electron chi connectivity index (χ0n) is 17.7. The van der Waals surface area contributed by atoms with Gasteiger partial charge in [0.1, 0.15) is 0 Å². The summed E-state index contributed by atoms with van der Waals surface area (Å²) in [5, 5.41) is 12.2. The molecule has 178 valence electrons. The van der Waals surface area contributed by atoms with E-state index in [-0.39, 0.29) is 44.5 Å². The predicted octanol–water partition coefficient (Wildman–Crippen LogP) is 5.52. The van der Waals surface area contributed by atoms with Crippen molar-refractivity contribution in [3.05, 3.63) is 105 Å². The number of rotatable bonds is 5. The second-order valence-electron chi connectivity index (χ2n) is 7.53. The Bertz CT molecular complexity index is 1340. The number of nitriles is 1. The molecule has 2 aromatic carbocycles. The summed E-state index contributed by atoms with van der Waals surface area (Å²) in [6.07, 6.45) is -2.45. The van der Waals surface area contributed by atoms with Crippen LogP contribution in [-0.2, 0) is 17.0 Å². The number of halogens is 5. The summed E-state index contributed by atoms with van der Waals surface area (Å²) in [7, 11) is 0. The van der Waals surface area contributed by atoms with Crippen molar-refractivity contribution in [1.82, 2.24) is 15.8 Å². The lowest BCUT2D eigenvalue weighted by molar-refractivity contribution is -0.269. The minimum Gasteiger partial charge on any atom is -0.346 e. The van der Waals surface area contributed by atoms with E-state index in [1.54, 1.807) is 24.4 Å². The van der Waals surface area contributed by atoms with Gasteiger partial charge in [-0.2, -0.15) is 18.4 Å². The van der Waals surface area contributed by atoms with Crippen molar-refractivity contribution in [3.8, 4) is 6.07 Å². The van der Waals surface area contributed by atoms with E-state index in [1.165, 1.54) is 24.3 Å². The van der Waals surface area contributed by atoms with Gasteiger partial charge in [0.15, 0.2) is 0 Å². The molecule has 0 radical (unpaired) electrons. The summed E-state index contributed by atoms with van der Waals surface area (Å²) in [5.74, 6) is -0.526. The van der Waals surface area contributed by atoms with E-state index in [0.717, 1.165) is 18.2 Å². The van der Waals surface area contributed by atoms with Crippen LogP contribution in [0.25, 0.3) is 5.70 Å². The Morgan fingerprint density at radius 1 is 1.14 bits per heavy atom. The molecule has 1 aromatic heterocycles. The fourth-order valence-electron chi connectivity index (χ4n) is 3.52. The van der Waals surface area contributed by atoms with Gasteiger partial charge < -0.3 is 5.32 Å². The molecule has 11 heteroatoms. The Labute approximate surface area is 207 Å². The molecule has 0 saturated carbocycles. The topological polar surface area (TPSA) is 87.0 Å². The van der Waals surface area contributed by atoms with Gasteiger partial charge >= 0.3 is 6.18 Å². The highest BCUT2D eigenvalue weighted by molar-refractivity contribution is 6.34. The van der Waals surface area contributed by atoms with Crippen LogP contribution in [0, 0.1) is 11.3 Å². The fourth-order valence-corrected chi connectivity index (χ4v) is 4.05. The highest BCUT2D eigenvalue weighted by Crippen LogP contribution is 2.48. The number of hydrogen-bond donors (Lipinski definition) is 2. The predicted molar refractivity (Wildman–Crippen MR) is 123 cm³/mol. The number of hydroxylamine groups is 1. The normalized spacial score (nSPS) is 17.3. The van der Waals surface area contributed by atoms with Crippen molar-refractivity contribution < 1.29 is 22.8 Å². The summed E-state index contributed by atoms with van der Waals surface area (Å²) in [6, 6.07) is 14.7. The van der Waals surface area contributed by atoms with Gasteiger partial charge in [-0.3, -0.25) is 20.1 Å². The molecular formula is C24H15Cl2F3N4O2. The van der Waals surface area contributed by atoms with Crippen LogP contribution in [0.4, 0.5) is 13.2 Å². The van der Waals surface area contributed by atoms with E-state index >= 15 is 0 Å². The third-order valence-corrected chi connectivity index (χ3v) is 5.67. The average molecular weight is 519 g/mol. The minimum atomic E-state index is -4.88. The Balaban J connectivity index is 1.66. The highest BCUT2D eigenvalue weighted by atomic mass is 35.5. The van der Waals surface area contributed by atoms with Crippen LogP contribution in [0.5, 0.6) is 0 Å². The molecule has 1 unspecified atom stereocenters. The Kier molecular flexibility index (Phi) is 6.72. The van der Waals surface area contributed by atoms with Crippen LogP contribution < -0.4 is 10.8 Å². The number of alkyl halides is 3. The van der Waals surface area contributed by atoms with Gasteiger partial charge in [0.25, 0.3) is 5.91 Å². The van der Waals surface area contributed by atoms with Crippen molar-refractivity contribution >= 4 is 34.8 Å². The first kappa shape index (κ1) is 24.5. The molecule has 2 heterocycles. The molecule has 0 aliphatic carbocycles. The number of nitrogens with zero attached hydrogens (tertiary/aromatic N) is 2. The van der Waals surface area contributed by atoms with E-state index in [4.69, 9.17) is 28.0 Å². The highest BCUT2D eigenvalue weighted by Gasteiger charge is 2.59. The molecule has 1 aliphatic heterocycles. The number of carbonyl (C=O) groups is 1. The van der Waals surface area contributed by atoms with Crippen LogP contribution >= 0.6 is 23.2 Å². The number of aromatic nitrogens is 1. The molecule has 0 bridgehead atoms. The smallest absolute Gasteiger partial charge is 0.346 e. The molecule has 0 spiro atoms. The van der Waals surface area contributed by atoms with E-state index in [0.29, 0.717) is 5.69 Å². The van der Waals surface area contributed by atoms with Crippen LogP contribution in [0.15, 0.2) is 66.9 Å². The second-order valence-corrected chi connectivity index (χ2v) is 8.40. The van der Waals surface area contributed by atoms with Gasteiger partial charge in [-0.25, -0.2) is 0 Å². The standard InChI is InChI=1S/C24H15Cl2F3N4O2/c25-17-8-16(9-18(26)10-17)23(24(27,28)29)11-21(33-35-23)14-4-5-20(15(7-14)12-30)22(34)32-13-19-3-1-2-6-31-19/h1-11,33H,13H2,(H,32,34). The summed E-state index contributed by atoms with van der Waals surface area (Å²) in [5.41, 5.74) is -0.0806. The summed E-state index contributed by atoms with van der Waals surface area (Å²) >= 11 is 11.8. The van der Waals surface area contributed by atoms with Crippen LogP contribution in [-0.4, -0.2) is 17.1 Å². The fraction of sp³-hybridized carbons (Fsp3) is 0.125. The molecule has 6 nitrogen and oxygen atoms in total. The summed E-state index contributed by atoms with van der Waals surface area (Å²) in [6.45, 7) is 0.142. The number of hydrogen-bond acceptors (Lipinski definition) is 5. The quantitative estimate of drug-likeness (QED) is 0.464. The zero-order valence-corrected chi connectivity index (χ0v) is 19.2. The monoisotopic (exact) mass is 518 g/mol. The zero-order chi connectivity index (χ0) is 25.2. The third kappa shape index (κ3) is 4.95. The first-order valence-electron chi connectivity index (χ1n) is 10.1. The molecule has 4 rings (SSSR count). The molecule has 3 aromatic rings. The molecule has 35 heavy (non-hydrogen) atoms. The lowest BCUT2D eigenvalue weighted by Crippen LogP contribution is -2.42. The van der Waals surface area contributed by atoms with Gasteiger partial charge in [-0.05, 0) is 48.5 Å². The number of carbonyl (C=O) groups excluding carboxylic acids is 1. The second kappa shape index (κ2) is 9.58. The van der Waals surface area contributed by atoms with E-state index in [9.17, 15) is 23.2 Å². The molecule has 0 saturated heterocycles. The van der Waals surface area contributed by atoms with Crippen molar-refractivity contribution in [2.24, 2.45) is 0 Å². The molecular weight excluding hydrogens is 504 g/mol.